The molecule has 90 valence electrons. The summed E-state index contributed by atoms with van der Waals surface area (Å²) < 4.78 is 5.20. The number of rotatable bonds is 4. The predicted octanol–water partition coefficient (Wildman–Crippen LogP) is 2.58. The van der Waals surface area contributed by atoms with Crippen molar-refractivity contribution >= 4 is 0 Å². The summed E-state index contributed by atoms with van der Waals surface area (Å²) in [5, 5.41) is 7.05. The summed E-state index contributed by atoms with van der Waals surface area (Å²) in [6.07, 6.45) is 1.04. The molecule has 0 amide bonds. The number of aryl methyl sites for hydroxylation is 1. The van der Waals surface area contributed by atoms with Crippen LogP contribution >= 0.6 is 0 Å². The lowest BCUT2D eigenvalue weighted by molar-refractivity contribution is 0.347. The van der Waals surface area contributed by atoms with Crippen LogP contribution in [0.2, 0.25) is 0 Å². The van der Waals surface area contributed by atoms with Crippen molar-refractivity contribution in [3.63, 3.8) is 0 Å². The molecule has 1 unspecified atom stereocenters. The Morgan fingerprint density at radius 2 is 2.00 bits per heavy atom. The van der Waals surface area contributed by atoms with Gasteiger partial charge in [0.1, 0.15) is 0 Å². The lowest BCUT2D eigenvalue weighted by Gasteiger charge is -2.01. The zero-order chi connectivity index (χ0) is 12.3. The van der Waals surface area contributed by atoms with Crippen molar-refractivity contribution in [3.05, 3.63) is 35.7 Å². The van der Waals surface area contributed by atoms with Gasteiger partial charge in [0.05, 0.1) is 6.04 Å². The second-order valence-electron chi connectivity index (χ2n) is 4.02. The molecule has 17 heavy (non-hydrogen) atoms. The Morgan fingerprint density at radius 1 is 1.29 bits per heavy atom. The van der Waals surface area contributed by atoms with Crippen LogP contribution in [0, 0.1) is 0 Å². The van der Waals surface area contributed by atoms with E-state index in [2.05, 4.69) is 34.5 Å². The van der Waals surface area contributed by atoms with Crippen LogP contribution in [0.25, 0.3) is 11.4 Å². The van der Waals surface area contributed by atoms with Crippen molar-refractivity contribution in [1.82, 2.24) is 15.5 Å². The lowest BCUT2D eigenvalue weighted by Crippen LogP contribution is -2.12. The summed E-state index contributed by atoms with van der Waals surface area (Å²) in [6, 6.07) is 8.31. The molecule has 0 radical (unpaired) electrons. The molecule has 1 aromatic heterocycles. The number of aromatic nitrogens is 2. The summed E-state index contributed by atoms with van der Waals surface area (Å²) in [4.78, 5) is 4.37. The Kier molecular flexibility index (Phi) is 3.54. The summed E-state index contributed by atoms with van der Waals surface area (Å²) in [5.74, 6) is 1.26. The Morgan fingerprint density at radius 3 is 2.59 bits per heavy atom. The van der Waals surface area contributed by atoms with Crippen molar-refractivity contribution in [2.24, 2.45) is 0 Å². The van der Waals surface area contributed by atoms with E-state index in [1.165, 1.54) is 5.56 Å². The maximum atomic E-state index is 5.20. The van der Waals surface area contributed by atoms with Gasteiger partial charge in [-0.1, -0.05) is 36.3 Å². The molecule has 1 heterocycles. The van der Waals surface area contributed by atoms with Crippen molar-refractivity contribution in [2.45, 2.75) is 26.3 Å². The molecule has 1 atom stereocenters. The Balaban J connectivity index is 2.24. The third kappa shape index (κ3) is 2.53. The Bertz CT molecular complexity index is 476. The minimum atomic E-state index is 0.0752. The van der Waals surface area contributed by atoms with E-state index in [1.807, 2.05) is 26.1 Å². The zero-order valence-corrected chi connectivity index (χ0v) is 10.4. The van der Waals surface area contributed by atoms with Gasteiger partial charge >= 0.3 is 0 Å². The molecule has 0 saturated carbocycles. The first-order chi connectivity index (χ1) is 8.24. The van der Waals surface area contributed by atoms with E-state index < -0.39 is 0 Å². The molecule has 0 aliphatic carbocycles. The molecule has 0 fully saturated rings. The lowest BCUT2D eigenvalue weighted by atomic mass is 10.1. The first kappa shape index (κ1) is 11.8. The maximum absolute atomic E-state index is 5.20. The average Bonchev–Trinajstić information content (AvgIpc) is 2.87. The van der Waals surface area contributed by atoms with Gasteiger partial charge in [-0.3, -0.25) is 0 Å². The summed E-state index contributed by atoms with van der Waals surface area (Å²) >= 11 is 0. The van der Waals surface area contributed by atoms with Crippen LogP contribution in [0.5, 0.6) is 0 Å². The minimum absolute atomic E-state index is 0.0752. The van der Waals surface area contributed by atoms with Crippen LogP contribution in [0.15, 0.2) is 28.8 Å². The van der Waals surface area contributed by atoms with Gasteiger partial charge in [0.2, 0.25) is 11.7 Å². The van der Waals surface area contributed by atoms with Gasteiger partial charge in [-0.25, -0.2) is 0 Å². The van der Waals surface area contributed by atoms with E-state index in [9.17, 15) is 0 Å². The Labute approximate surface area is 101 Å². The predicted molar refractivity (Wildman–Crippen MR) is 66.6 cm³/mol. The summed E-state index contributed by atoms with van der Waals surface area (Å²) in [6.45, 7) is 4.12. The van der Waals surface area contributed by atoms with E-state index in [4.69, 9.17) is 4.52 Å². The molecule has 2 aromatic rings. The number of nitrogens with zero attached hydrogens (tertiary/aromatic N) is 2. The number of hydrogen-bond acceptors (Lipinski definition) is 4. The molecule has 1 aromatic carbocycles. The van der Waals surface area contributed by atoms with Crippen LogP contribution in [-0.4, -0.2) is 17.2 Å². The summed E-state index contributed by atoms with van der Waals surface area (Å²) in [7, 11) is 1.87. The normalized spacial score (nSPS) is 12.6. The number of benzene rings is 1. The molecule has 1 N–H and O–H groups in total. The topological polar surface area (TPSA) is 51.0 Å². The smallest absolute Gasteiger partial charge is 0.243 e. The molecule has 0 spiro atoms. The quantitative estimate of drug-likeness (QED) is 0.878. The highest BCUT2D eigenvalue weighted by atomic mass is 16.5. The first-order valence-corrected chi connectivity index (χ1v) is 5.84. The first-order valence-electron chi connectivity index (χ1n) is 5.84. The van der Waals surface area contributed by atoms with Crippen LogP contribution in [-0.2, 0) is 6.42 Å². The van der Waals surface area contributed by atoms with Gasteiger partial charge in [0.15, 0.2) is 0 Å². The summed E-state index contributed by atoms with van der Waals surface area (Å²) in [5.41, 5.74) is 2.29. The largest absolute Gasteiger partial charge is 0.337 e. The van der Waals surface area contributed by atoms with Crippen LogP contribution in [0.3, 0.4) is 0 Å². The highest BCUT2D eigenvalue weighted by Gasteiger charge is 2.13. The van der Waals surface area contributed by atoms with Crippen molar-refractivity contribution in [3.8, 4) is 11.4 Å². The monoisotopic (exact) mass is 231 g/mol. The third-order valence-corrected chi connectivity index (χ3v) is 2.87. The van der Waals surface area contributed by atoms with Crippen LogP contribution in [0.1, 0.15) is 31.3 Å². The number of nitrogens with one attached hydrogen (secondary N) is 1. The van der Waals surface area contributed by atoms with E-state index in [0.717, 1.165) is 12.0 Å². The van der Waals surface area contributed by atoms with Crippen LogP contribution < -0.4 is 5.32 Å². The van der Waals surface area contributed by atoms with E-state index in [1.54, 1.807) is 0 Å². The van der Waals surface area contributed by atoms with Gasteiger partial charge in [-0.2, -0.15) is 4.98 Å². The molecule has 2 rings (SSSR count). The van der Waals surface area contributed by atoms with Gasteiger partial charge in [0, 0.05) is 5.56 Å². The second-order valence-corrected chi connectivity index (χ2v) is 4.02. The molecule has 0 saturated heterocycles. The highest BCUT2D eigenvalue weighted by Crippen LogP contribution is 2.19. The average molecular weight is 231 g/mol. The molecular weight excluding hydrogens is 214 g/mol. The maximum Gasteiger partial charge on any atom is 0.243 e. The van der Waals surface area contributed by atoms with Crippen LogP contribution in [0.4, 0.5) is 0 Å². The fraction of sp³-hybridized carbons (Fsp3) is 0.385. The van der Waals surface area contributed by atoms with E-state index >= 15 is 0 Å². The van der Waals surface area contributed by atoms with Gasteiger partial charge < -0.3 is 9.84 Å². The van der Waals surface area contributed by atoms with Crippen molar-refractivity contribution in [2.75, 3.05) is 7.05 Å². The van der Waals surface area contributed by atoms with Crippen molar-refractivity contribution in [1.29, 1.82) is 0 Å². The van der Waals surface area contributed by atoms with Gasteiger partial charge in [-0.05, 0) is 26.0 Å². The molecular formula is C13H17N3O. The van der Waals surface area contributed by atoms with Gasteiger partial charge in [-0.15, -0.1) is 0 Å². The standard InChI is InChI=1S/C13H17N3O/c1-4-10-5-7-11(8-6-10)12-15-13(17-16-12)9(2)14-3/h5-9,14H,4H2,1-3H3. The third-order valence-electron chi connectivity index (χ3n) is 2.87. The SMILES string of the molecule is CCc1ccc(-c2noc(C(C)NC)n2)cc1. The molecule has 0 aliphatic heterocycles. The fourth-order valence-electron chi connectivity index (χ4n) is 1.54. The van der Waals surface area contributed by atoms with E-state index in [0.29, 0.717) is 11.7 Å². The van der Waals surface area contributed by atoms with Crippen molar-refractivity contribution < 1.29 is 4.52 Å². The minimum Gasteiger partial charge on any atom is -0.337 e. The molecule has 0 aliphatic rings. The highest BCUT2D eigenvalue weighted by molar-refractivity contribution is 5.54. The van der Waals surface area contributed by atoms with E-state index in [-0.39, 0.29) is 6.04 Å². The zero-order valence-electron chi connectivity index (χ0n) is 10.4. The van der Waals surface area contributed by atoms with Gasteiger partial charge in [0.25, 0.3) is 0 Å². The molecule has 4 nitrogen and oxygen atoms in total. The fourth-order valence-corrected chi connectivity index (χ4v) is 1.54. The Hall–Kier alpha value is -1.68. The molecule has 0 bridgehead atoms. The number of hydrogen-bond donors (Lipinski definition) is 1. The molecule has 4 heteroatoms. The second kappa shape index (κ2) is 5.10.